The van der Waals surface area contributed by atoms with Gasteiger partial charge in [-0.15, -0.1) is 0 Å². The minimum absolute atomic E-state index is 0.0415. The van der Waals surface area contributed by atoms with Crippen LogP contribution in [0.4, 0.5) is 0 Å². The number of hydrogen-bond acceptors (Lipinski definition) is 3. The van der Waals surface area contributed by atoms with Crippen molar-refractivity contribution in [2.75, 3.05) is 13.2 Å². The lowest BCUT2D eigenvalue weighted by molar-refractivity contribution is -0.122. The molecule has 0 aliphatic carbocycles. The molecule has 118 valence electrons. The van der Waals surface area contributed by atoms with Crippen LogP contribution in [0.3, 0.4) is 0 Å². The Labute approximate surface area is 128 Å². The van der Waals surface area contributed by atoms with Gasteiger partial charge in [-0.25, -0.2) is 0 Å². The van der Waals surface area contributed by atoms with Crippen molar-refractivity contribution in [3.05, 3.63) is 35.9 Å². The number of nitrogens with two attached hydrogens (primary N) is 1. The smallest absolute Gasteiger partial charge is 0.220 e. The molecule has 0 aromatic heterocycles. The maximum absolute atomic E-state index is 12.0. The maximum atomic E-state index is 12.0. The molecule has 2 unspecified atom stereocenters. The van der Waals surface area contributed by atoms with Gasteiger partial charge in [0.2, 0.25) is 5.91 Å². The molecule has 0 spiro atoms. The second kappa shape index (κ2) is 9.53. The summed E-state index contributed by atoms with van der Waals surface area (Å²) in [6.07, 6.45) is 1.08. The molecule has 0 bridgehead atoms. The zero-order valence-corrected chi connectivity index (χ0v) is 13.3. The third-order valence-electron chi connectivity index (χ3n) is 3.56. The fraction of sp³-hybridized carbons (Fsp3) is 0.588. The fourth-order valence-corrected chi connectivity index (χ4v) is 2.08. The fourth-order valence-electron chi connectivity index (χ4n) is 2.08. The van der Waals surface area contributed by atoms with Gasteiger partial charge in [-0.2, -0.15) is 0 Å². The van der Waals surface area contributed by atoms with E-state index in [1.54, 1.807) is 0 Å². The number of benzene rings is 1. The lowest BCUT2D eigenvalue weighted by Gasteiger charge is -2.22. The molecule has 0 radical (unpaired) electrons. The molecule has 0 saturated heterocycles. The molecule has 0 saturated carbocycles. The highest BCUT2D eigenvalue weighted by molar-refractivity contribution is 5.76. The summed E-state index contributed by atoms with van der Waals surface area (Å²) in [5.41, 5.74) is 7.18. The SMILES string of the molecule is CCOCC(NC(=O)CCC(N)c1ccccc1)C(C)C. The van der Waals surface area contributed by atoms with Crippen LogP contribution < -0.4 is 11.1 Å². The summed E-state index contributed by atoms with van der Waals surface area (Å²) in [5.74, 6) is 0.392. The van der Waals surface area contributed by atoms with E-state index in [2.05, 4.69) is 19.2 Å². The Morgan fingerprint density at radius 3 is 2.52 bits per heavy atom. The molecule has 1 amide bonds. The zero-order valence-electron chi connectivity index (χ0n) is 13.3. The molecule has 0 heterocycles. The first kappa shape index (κ1) is 17.7. The molecule has 1 rings (SSSR count). The Bertz CT molecular complexity index is 407. The molecule has 0 aliphatic heterocycles. The lowest BCUT2D eigenvalue weighted by atomic mass is 10.0. The summed E-state index contributed by atoms with van der Waals surface area (Å²) in [6.45, 7) is 7.35. The van der Waals surface area contributed by atoms with Crippen LogP contribution in [-0.2, 0) is 9.53 Å². The van der Waals surface area contributed by atoms with Crippen LogP contribution in [0.1, 0.15) is 45.2 Å². The van der Waals surface area contributed by atoms with Gasteiger partial charge in [0.25, 0.3) is 0 Å². The first-order valence-corrected chi connectivity index (χ1v) is 7.72. The summed E-state index contributed by atoms with van der Waals surface area (Å²) in [5, 5.41) is 3.04. The van der Waals surface area contributed by atoms with E-state index < -0.39 is 0 Å². The minimum atomic E-state index is -0.0960. The minimum Gasteiger partial charge on any atom is -0.380 e. The standard InChI is InChI=1S/C17H28N2O2/c1-4-21-12-16(13(2)3)19-17(20)11-10-15(18)14-8-6-5-7-9-14/h5-9,13,15-16H,4,10-12,18H2,1-3H3,(H,19,20). The normalized spacial score (nSPS) is 14.0. The lowest BCUT2D eigenvalue weighted by Crippen LogP contribution is -2.42. The quantitative estimate of drug-likeness (QED) is 0.735. The highest BCUT2D eigenvalue weighted by Gasteiger charge is 2.17. The summed E-state index contributed by atoms with van der Waals surface area (Å²) < 4.78 is 5.41. The Balaban J connectivity index is 2.38. The average Bonchev–Trinajstić information content (AvgIpc) is 2.49. The van der Waals surface area contributed by atoms with E-state index in [9.17, 15) is 4.79 Å². The van der Waals surface area contributed by atoms with Crippen molar-refractivity contribution in [1.29, 1.82) is 0 Å². The van der Waals surface area contributed by atoms with Crippen LogP contribution in [0, 0.1) is 5.92 Å². The summed E-state index contributed by atoms with van der Waals surface area (Å²) in [4.78, 5) is 12.0. The zero-order chi connectivity index (χ0) is 15.7. The number of nitrogens with one attached hydrogen (secondary N) is 1. The highest BCUT2D eigenvalue weighted by Crippen LogP contribution is 2.15. The van der Waals surface area contributed by atoms with Gasteiger partial charge >= 0.3 is 0 Å². The number of rotatable bonds is 9. The molecule has 21 heavy (non-hydrogen) atoms. The van der Waals surface area contributed by atoms with Gasteiger partial charge in [0.05, 0.1) is 12.6 Å². The van der Waals surface area contributed by atoms with Gasteiger partial charge in [-0.1, -0.05) is 44.2 Å². The topological polar surface area (TPSA) is 64.3 Å². The maximum Gasteiger partial charge on any atom is 0.220 e. The van der Waals surface area contributed by atoms with E-state index in [-0.39, 0.29) is 18.0 Å². The molecule has 4 heteroatoms. The van der Waals surface area contributed by atoms with Crippen molar-refractivity contribution < 1.29 is 9.53 Å². The molecule has 2 atom stereocenters. The van der Waals surface area contributed by atoms with E-state index >= 15 is 0 Å². The van der Waals surface area contributed by atoms with Crippen molar-refractivity contribution in [1.82, 2.24) is 5.32 Å². The molecule has 0 fully saturated rings. The number of ether oxygens (including phenoxy) is 1. The summed E-state index contributed by atoms with van der Waals surface area (Å²) in [6, 6.07) is 9.84. The third kappa shape index (κ3) is 6.74. The molecule has 4 nitrogen and oxygen atoms in total. The van der Waals surface area contributed by atoms with Crippen LogP contribution in [0.2, 0.25) is 0 Å². The van der Waals surface area contributed by atoms with E-state index in [0.29, 0.717) is 32.0 Å². The predicted molar refractivity (Wildman–Crippen MR) is 85.9 cm³/mol. The van der Waals surface area contributed by atoms with Crippen LogP contribution >= 0.6 is 0 Å². The molecule has 3 N–H and O–H groups in total. The van der Waals surface area contributed by atoms with E-state index in [1.807, 2.05) is 37.3 Å². The Kier molecular flexibility index (Phi) is 8.01. The largest absolute Gasteiger partial charge is 0.380 e. The summed E-state index contributed by atoms with van der Waals surface area (Å²) in [7, 11) is 0. The number of hydrogen-bond donors (Lipinski definition) is 2. The van der Waals surface area contributed by atoms with Gasteiger partial charge in [-0.3, -0.25) is 4.79 Å². The molecule has 1 aromatic rings. The van der Waals surface area contributed by atoms with Crippen molar-refractivity contribution >= 4 is 5.91 Å². The van der Waals surface area contributed by atoms with Crippen LogP contribution in [0.15, 0.2) is 30.3 Å². The predicted octanol–water partition coefficient (Wildman–Crippen LogP) is 2.64. The molecular weight excluding hydrogens is 264 g/mol. The summed E-state index contributed by atoms with van der Waals surface area (Å²) >= 11 is 0. The van der Waals surface area contributed by atoms with Gasteiger partial charge in [0, 0.05) is 19.1 Å². The Morgan fingerprint density at radius 1 is 1.29 bits per heavy atom. The van der Waals surface area contributed by atoms with Crippen molar-refractivity contribution in [2.24, 2.45) is 11.7 Å². The second-order valence-corrected chi connectivity index (χ2v) is 5.63. The van der Waals surface area contributed by atoms with Gasteiger partial charge in [-0.05, 0) is 24.8 Å². The van der Waals surface area contributed by atoms with Crippen molar-refractivity contribution in [2.45, 2.75) is 45.7 Å². The van der Waals surface area contributed by atoms with Crippen LogP contribution in [0.5, 0.6) is 0 Å². The number of carbonyl (C=O) groups excluding carboxylic acids is 1. The Morgan fingerprint density at radius 2 is 1.95 bits per heavy atom. The van der Waals surface area contributed by atoms with Gasteiger partial charge in [0.1, 0.15) is 0 Å². The van der Waals surface area contributed by atoms with Crippen LogP contribution in [-0.4, -0.2) is 25.2 Å². The Hall–Kier alpha value is -1.39. The first-order valence-electron chi connectivity index (χ1n) is 7.72. The highest BCUT2D eigenvalue weighted by atomic mass is 16.5. The van der Waals surface area contributed by atoms with E-state index in [4.69, 9.17) is 10.5 Å². The third-order valence-corrected chi connectivity index (χ3v) is 3.56. The molecule has 1 aromatic carbocycles. The van der Waals surface area contributed by atoms with Gasteiger partial charge in [0.15, 0.2) is 0 Å². The number of amides is 1. The van der Waals surface area contributed by atoms with E-state index in [0.717, 1.165) is 5.56 Å². The van der Waals surface area contributed by atoms with Crippen LogP contribution in [0.25, 0.3) is 0 Å². The average molecular weight is 292 g/mol. The van der Waals surface area contributed by atoms with Crippen molar-refractivity contribution in [3.8, 4) is 0 Å². The second-order valence-electron chi connectivity index (χ2n) is 5.63. The molecule has 0 aliphatic rings. The number of carbonyl (C=O) groups is 1. The monoisotopic (exact) mass is 292 g/mol. The molecular formula is C17H28N2O2. The first-order chi connectivity index (χ1) is 10.0. The van der Waals surface area contributed by atoms with Gasteiger partial charge < -0.3 is 15.8 Å². The van der Waals surface area contributed by atoms with E-state index in [1.165, 1.54) is 0 Å². The van der Waals surface area contributed by atoms with Crippen molar-refractivity contribution in [3.63, 3.8) is 0 Å².